The molecule has 0 aliphatic carbocycles. The number of imide groups is 1. The minimum Gasteiger partial charge on any atom is -0.273 e. The highest BCUT2D eigenvalue weighted by atomic mass is 32.2. The van der Waals surface area contributed by atoms with E-state index >= 15 is 0 Å². The Kier molecular flexibility index (Phi) is 5.43. The number of allylic oxidation sites excluding steroid dienone is 2. The average molecular weight is 411 g/mol. The second kappa shape index (κ2) is 6.32. The highest BCUT2D eigenvalue weighted by molar-refractivity contribution is 8.02. The van der Waals surface area contributed by atoms with Gasteiger partial charge in [0.2, 0.25) is 11.8 Å². The Morgan fingerprint density at radius 2 is 1.12 bits per heavy atom. The summed E-state index contributed by atoms with van der Waals surface area (Å²) in [7, 11) is 0. The molecule has 15 heteroatoms. The third-order valence-corrected chi connectivity index (χ3v) is 3.86. The number of hydrogen-bond donors (Lipinski definition) is 0. The molecule has 25 heavy (non-hydrogen) atoms. The van der Waals surface area contributed by atoms with Crippen molar-refractivity contribution in [3.05, 3.63) is 10.5 Å². The van der Waals surface area contributed by atoms with Crippen molar-refractivity contribution in [1.29, 1.82) is 0 Å². The van der Waals surface area contributed by atoms with E-state index in [-0.39, 0.29) is 0 Å². The van der Waals surface area contributed by atoms with Crippen LogP contribution in [-0.4, -0.2) is 40.6 Å². The van der Waals surface area contributed by atoms with Crippen LogP contribution in [0.4, 0.5) is 48.3 Å². The van der Waals surface area contributed by atoms with Crippen molar-refractivity contribution in [3.63, 3.8) is 0 Å². The Morgan fingerprint density at radius 3 is 1.40 bits per heavy atom. The summed E-state index contributed by atoms with van der Waals surface area (Å²) in [5.41, 5.74) is -4.15. The van der Waals surface area contributed by atoms with E-state index in [1.54, 1.807) is 0 Å². The zero-order chi connectivity index (χ0) is 20.0. The summed E-state index contributed by atoms with van der Waals surface area (Å²) in [4.78, 5) is 18.8. The summed E-state index contributed by atoms with van der Waals surface area (Å²) in [6, 6.07) is 0. The third kappa shape index (κ3) is 4.36. The first-order valence-corrected chi connectivity index (χ1v) is 6.55. The van der Waals surface area contributed by atoms with Crippen molar-refractivity contribution >= 4 is 23.8 Å². The van der Waals surface area contributed by atoms with Gasteiger partial charge in [-0.25, -0.2) is 4.31 Å². The molecule has 0 saturated carbocycles. The van der Waals surface area contributed by atoms with Crippen molar-refractivity contribution in [2.75, 3.05) is 0 Å². The normalized spacial score (nSPS) is 17.3. The van der Waals surface area contributed by atoms with Gasteiger partial charge < -0.3 is 0 Å². The number of carbonyl (C=O) groups is 2. The molecule has 3 nitrogen and oxygen atoms in total. The largest absolute Gasteiger partial charge is 0.458 e. The summed E-state index contributed by atoms with van der Waals surface area (Å²) in [5.74, 6) is -9.63. The smallest absolute Gasteiger partial charge is 0.273 e. The second-order valence-electron chi connectivity index (χ2n) is 4.44. The number of nitrogens with zero attached hydrogens (tertiary/aromatic N) is 1. The van der Waals surface area contributed by atoms with Gasteiger partial charge in [-0.3, -0.25) is 9.59 Å². The average Bonchev–Trinajstić information content (AvgIpc) is 2.64. The van der Waals surface area contributed by atoms with Gasteiger partial charge >= 0.3 is 24.5 Å². The minimum atomic E-state index is -6.84. The number of halogens is 11. The molecular weight excluding hydrogens is 407 g/mol. The molecule has 144 valence electrons. The molecule has 0 aromatic rings. The SMILES string of the molecule is O=C1CCC(=O)N1SC(=C(C(F)(F)F)C(F)(F)F)C(F)(F)C(F)(F)F. The van der Waals surface area contributed by atoms with Gasteiger partial charge in [-0.1, -0.05) is 0 Å². The molecular formula is C10H4F11NO2S. The predicted molar refractivity (Wildman–Crippen MR) is 58.8 cm³/mol. The zero-order valence-electron chi connectivity index (χ0n) is 11.2. The number of carbonyl (C=O) groups excluding carboxylic acids is 2. The fraction of sp³-hybridized carbons (Fsp3) is 0.600. The summed E-state index contributed by atoms with van der Waals surface area (Å²) in [5, 5.41) is 0. The topological polar surface area (TPSA) is 37.4 Å². The molecule has 1 fully saturated rings. The highest BCUT2D eigenvalue weighted by Crippen LogP contribution is 2.54. The van der Waals surface area contributed by atoms with E-state index in [4.69, 9.17) is 0 Å². The summed E-state index contributed by atoms with van der Waals surface area (Å²) >= 11 is -1.53. The summed E-state index contributed by atoms with van der Waals surface area (Å²) in [6.45, 7) is 0. The van der Waals surface area contributed by atoms with E-state index < -0.39 is 75.8 Å². The van der Waals surface area contributed by atoms with Crippen LogP contribution in [0.25, 0.3) is 0 Å². The number of alkyl halides is 11. The van der Waals surface area contributed by atoms with Crippen molar-refractivity contribution in [3.8, 4) is 0 Å². The first-order chi connectivity index (χ1) is 10.9. The molecule has 0 radical (unpaired) electrons. The predicted octanol–water partition coefficient (Wildman–Crippen LogP) is 4.36. The van der Waals surface area contributed by atoms with Crippen LogP contribution in [0.1, 0.15) is 12.8 Å². The van der Waals surface area contributed by atoms with Crippen molar-refractivity contribution < 1.29 is 57.9 Å². The lowest BCUT2D eigenvalue weighted by atomic mass is 10.1. The van der Waals surface area contributed by atoms with E-state index in [1.807, 2.05) is 0 Å². The molecule has 0 bridgehead atoms. The fourth-order valence-corrected chi connectivity index (χ4v) is 2.68. The Bertz CT molecular complexity index is 569. The van der Waals surface area contributed by atoms with Gasteiger partial charge in [0.25, 0.3) is 0 Å². The second-order valence-corrected chi connectivity index (χ2v) is 5.40. The van der Waals surface area contributed by atoms with Crippen molar-refractivity contribution in [2.45, 2.75) is 37.3 Å². The van der Waals surface area contributed by atoms with Crippen LogP contribution in [0.15, 0.2) is 10.5 Å². The Labute approximate surface area is 134 Å². The fourth-order valence-electron chi connectivity index (χ4n) is 1.56. The number of rotatable bonds is 3. The van der Waals surface area contributed by atoms with Crippen LogP contribution >= 0.6 is 11.9 Å². The Morgan fingerprint density at radius 1 is 0.760 bits per heavy atom. The van der Waals surface area contributed by atoms with Gasteiger partial charge in [0, 0.05) is 24.8 Å². The van der Waals surface area contributed by atoms with Crippen LogP contribution in [-0.2, 0) is 9.59 Å². The lowest BCUT2D eigenvalue weighted by molar-refractivity contribution is -0.264. The molecule has 2 amide bonds. The van der Waals surface area contributed by atoms with E-state index in [1.165, 1.54) is 0 Å². The van der Waals surface area contributed by atoms with Gasteiger partial charge in [-0.05, 0) is 0 Å². The Hall–Kier alpha value is -1.54. The van der Waals surface area contributed by atoms with E-state index in [2.05, 4.69) is 0 Å². The van der Waals surface area contributed by atoms with Crippen LogP contribution < -0.4 is 0 Å². The first-order valence-electron chi connectivity index (χ1n) is 5.78. The van der Waals surface area contributed by atoms with Gasteiger partial charge in [0.1, 0.15) is 4.91 Å². The molecule has 1 heterocycles. The molecule has 0 N–H and O–H groups in total. The molecule has 0 unspecified atom stereocenters. The molecule has 1 aliphatic heterocycles. The van der Waals surface area contributed by atoms with Crippen molar-refractivity contribution in [2.24, 2.45) is 0 Å². The molecule has 0 atom stereocenters. The lowest BCUT2D eigenvalue weighted by Crippen LogP contribution is -2.43. The minimum absolute atomic E-state index is 0.577. The monoisotopic (exact) mass is 411 g/mol. The molecule has 0 spiro atoms. The maximum Gasteiger partial charge on any atom is 0.458 e. The van der Waals surface area contributed by atoms with E-state index in [0.717, 1.165) is 0 Å². The molecule has 1 saturated heterocycles. The summed E-state index contributed by atoms with van der Waals surface area (Å²) < 4.78 is 139. The maximum absolute atomic E-state index is 13.4. The van der Waals surface area contributed by atoms with Gasteiger partial charge in [0.05, 0.1) is 0 Å². The number of amides is 2. The van der Waals surface area contributed by atoms with E-state index in [9.17, 15) is 57.9 Å². The summed E-state index contributed by atoms with van der Waals surface area (Å²) in [6.07, 6.45) is -21.7. The van der Waals surface area contributed by atoms with Gasteiger partial charge in [-0.2, -0.15) is 48.3 Å². The molecule has 0 aromatic heterocycles. The van der Waals surface area contributed by atoms with Gasteiger partial charge in [0.15, 0.2) is 5.57 Å². The quantitative estimate of drug-likeness (QED) is 0.394. The van der Waals surface area contributed by atoms with Crippen LogP contribution in [0, 0.1) is 0 Å². The van der Waals surface area contributed by atoms with Gasteiger partial charge in [-0.15, -0.1) is 0 Å². The highest BCUT2D eigenvalue weighted by Gasteiger charge is 2.67. The maximum atomic E-state index is 13.4. The standard InChI is InChI=1S/C10H4F11NO2S/c11-7(12,10(19,20)21)6(5(8(13,14)15)9(16,17)18)25-22-3(23)1-2-4(22)24/h1-2H2. The van der Waals surface area contributed by atoms with Crippen LogP contribution in [0.3, 0.4) is 0 Å². The zero-order valence-corrected chi connectivity index (χ0v) is 12.1. The van der Waals surface area contributed by atoms with Crippen LogP contribution in [0.2, 0.25) is 0 Å². The lowest BCUT2D eigenvalue weighted by Gasteiger charge is -2.28. The number of hydrogen-bond acceptors (Lipinski definition) is 3. The first kappa shape index (κ1) is 21.5. The molecule has 1 rings (SSSR count). The molecule has 1 aliphatic rings. The molecule has 0 aromatic carbocycles. The van der Waals surface area contributed by atoms with Crippen molar-refractivity contribution in [1.82, 2.24) is 4.31 Å². The third-order valence-electron chi connectivity index (χ3n) is 2.62. The Balaban J connectivity index is 3.70. The van der Waals surface area contributed by atoms with E-state index in [0.29, 0.717) is 0 Å². The van der Waals surface area contributed by atoms with Crippen LogP contribution in [0.5, 0.6) is 0 Å².